The number of Topliss-reactive ketones (excluding diaryl/α,β-unsaturated/α-hetero) is 1. The number of carbonyl (C=O) groups is 1. The van der Waals surface area contributed by atoms with Crippen molar-refractivity contribution in [2.24, 2.45) is 0 Å². The number of benzene rings is 1. The predicted molar refractivity (Wildman–Crippen MR) is 75.1 cm³/mol. The van der Waals surface area contributed by atoms with Crippen LogP contribution in [0, 0.1) is 0 Å². The molecule has 0 saturated heterocycles. The lowest BCUT2D eigenvalue weighted by molar-refractivity contribution is -0.138. The average Bonchev–Trinajstić information content (AvgIpc) is 2.84. The van der Waals surface area contributed by atoms with E-state index in [9.17, 15) is 18.0 Å². The van der Waals surface area contributed by atoms with Gasteiger partial charge < -0.3 is 4.57 Å². The molecule has 0 bridgehead atoms. The lowest BCUT2D eigenvalue weighted by Gasteiger charge is -2.12. The van der Waals surface area contributed by atoms with Gasteiger partial charge in [0.15, 0.2) is 5.78 Å². The molecule has 0 spiro atoms. The van der Waals surface area contributed by atoms with Crippen molar-refractivity contribution < 1.29 is 18.0 Å². The molecule has 3 nitrogen and oxygen atoms in total. The van der Waals surface area contributed by atoms with Crippen LogP contribution in [0.5, 0.6) is 0 Å². The molecule has 0 atom stereocenters. The van der Waals surface area contributed by atoms with Crippen molar-refractivity contribution in [3.05, 3.63) is 52.0 Å². The highest BCUT2D eigenvalue weighted by Gasteiger charge is 2.35. The zero-order valence-corrected chi connectivity index (χ0v) is 12.7. The number of alkyl halides is 3. The third-order valence-corrected chi connectivity index (χ3v) is 3.54. The van der Waals surface area contributed by atoms with Crippen molar-refractivity contribution >= 4 is 21.7 Å². The molecule has 0 radical (unpaired) electrons. The highest BCUT2D eigenvalue weighted by molar-refractivity contribution is 9.10. The Balaban J connectivity index is 2.36. The van der Waals surface area contributed by atoms with Gasteiger partial charge in [0, 0.05) is 29.0 Å². The molecule has 0 aliphatic heterocycles. The van der Waals surface area contributed by atoms with Gasteiger partial charge in [-0.3, -0.25) is 4.79 Å². The second-order valence-electron chi connectivity index (χ2n) is 4.42. The van der Waals surface area contributed by atoms with Crippen LogP contribution < -0.4 is 0 Å². The average molecular weight is 361 g/mol. The van der Waals surface area contributed by atoms with E-state index in [1.165, 1.54) is 18.3 Å². The van der Waals surface area contributed by atoms with E-state index < -0.39 is 17.5 Å². The fourth-order valence-electron chi connectivity index (χ4n) is 2.03. The summed E-state index contributed by atoms with van der Waals surface area (Å²) in [6.45, 7) is 2.48. The molecule has 1 aromatic heterocycles. The fourth-order valence-corrected chi connectivity index (χ4v) is 2.39. The van der Waals surface area contributed by atoms with Crippen LogP contribution in [0.15, 0.2) is 35.1 Å². The number of halogens is 4. The van der Waals surface area contributed by atoms with Crippen molar-refractivity contribution in [1.29, 1.82) is 0 Å². The van der Waals surface area contributed by atoms with Gasteiger partial charge in [-0.2, -0.15) is 13.2 Å². The van der Waals surface area contributed by atoms with Gasteiger partial charge in [-0.1, -0.05) is 15.9 Å². The number of imidazole rings is 1. The van der Waals surface area contributed by atoms with E-state index in [1.54, 1.807) is 10.8 Å². The summed E-state index contributed by atoms with van der Waals surface area (Å²) in [6, 6.07) is 3.53. The molecule has 0 fully saturated rings. The molecule has 0 aliphatic rings. The molecule has 0 N–H and O–H groups in total. The Morgan fingerprint density at radius 2 is 2.10 bits per heavy atom. The fraction of sp³-hybridized carbons (Fsp3) is 0.286. The predicted octanol–water partition coefficient (Wildman–Crippen LogP) is 4.11. The molecule has 1 aromatic carbocycles. The Labute approximate surface area is 127 Å². The molecule has 0 aliphatic carbocycles. The Morgan fingerprint density at radius 1 is 1.38 bits per heavy atom. The molecule has 0 amide bonds. The van der Waals surface area contributed by atoms with Crippen LogP contribution in [0.1, 0.15) is 28.7 Å². The number of hydrogen-bond donors (Lipinski definition) is 0. The maximum Gasteiger partial charge on any atom is 0.417 e. The highest BCUT2D eigenvalue weighted by Crippen LogP contribution is 2.34. The van der Waals surface area contributed by atoms with Crippen LogP contribution in [0.3, 0.4) is 0 Å². The normalized spacial score (nSPS) is 11.7. The maximum absolute atomic E-state index is 13.0. The molecule has 2 rings (SSSR count). The monoisotopic (exact) mass is 360 g/mol. The zero-order chi connectivity index (χ0) is 15.6. The van der Waals surface area contributed by atoms with Crippen LogP contribution in [-0.4, -0.2) is 15.3 Å². The second-order valence-corrected chi connectivity index (χ2v) is 5.33. The first-order valence-electron chi connectivity index (χ1n) is 6.23. The molecule has 2 aromatic rings. The van der Waals surface area contributed by atoms with E-state index in [1.807, 2.05) is 6.92 Å². The molecule has 7 heteroatoms. The molecular formula is C14H12BrF3N2O. The molecule has 0 unspecified atom stereocenters. The van der Waals surface area contributed by atoms with Gasteiger partial charge in [0.25, 0.3) is 0 Å². The van der Waals surface area contributed by atoms with E-state index in [2.05, 4.69) is 20.9 Å². The first kappa shape index (κ1) is 15.8. The Kier molecular flexibility index (Phi) is 4.51. The van der Waals surface area contributed by atoms with Crippen molar-refractivity contribution in [1.82, 2.24) is 9.55 Å². The lowest BCUT2D eigenvalue weighted by Crippen LogP contribution is -2.16. The lowest BCUT2D eigenvalue weighted by atomic mass is 10.0. The summed E-state index contributed by atoms with van der Waals surface area (Å²) in [5.41, 5.74) is -1.27. The van der Waals surface area contributed by atoms with Gasteiger partial charge in [0.2, 0.25) is 0 Å². The van der Waals surface area contributed by atoms with Crippen molar-refractivity contribution in [2.75, 3.05) is 0 Å². The van der Waals surface area contributed by atoms with Gasteiger partial charge >= 0.3 is 6.18 Å². The third-order valence-electron chi connectivity index (χ3n) is 3.05. The Bertz CT molecular complexity index is 664. The summed E-state index contributed by atoms with van der Waals surface area (Å²) < 4.78 is 41.1. The summed E-state index contributed by atoms with van der Waals surface area (Å²) >= 11 is 2.99. The highest BCUT2D eigenvalue weighted by atomic mass is 79.9. The topological polar surface area (TPSA) is 34.9 Å². The SMILES string of the molecule is CCn1ccnc1CC(=O)c1ccc(Br)cc1C(F)(F)F. The third kappa shape index (κ3) is 3.53. The smallest absolute Gasteiger partial charge is 0.335 e. The minimum atomic E-state index is -4.57. The number of carbonyl (C=O) groups excluding carboxylic acids is 1. The van der Waals surface area contributed by atoms with Gasteiger partial charge in [-0.05, 0) is 25.1 Å². The number of ketones is 1. The number of nitrogens with zero attached hydrogens (tertiary/aromatic N) is 2. The van der Waals surface area contributed by atoms with E-state index in [0.29, 0.717) is 12.4 Å². The summed E-state index contributed by atoms with van der Waals surface area (Å²) in [5.74, 6) is -0.144. The molecule has 21 heavy (non-hydrogen) atoms. The maximum atomic E-state index is 13.0. The summed E-state index contributed by atoms with van der Waals surface area (Å²) in [4.78, 5) is 16.2. The van der Waals surface area contributed by atoms with E-state index in [-0.39, 0.29) is 16.5 Å². The standard InChI is InChI=1S/C14H12BrF3N2O/c1-2-20-6-5-19-13(20)8-12(21)10-4-3-9(15)7-11(10)14(16,17)18/h3-7H,2,8H2,1H3. The molecule has 112 valence electrons. The minimum Gasteiger partial charge on any atom is -0.335 e. The Hall–Kier alpha value is -1.63. The van der Waals surface area contributed by atoms with E-state index in [4.69, 9.17) is 0 Å². The van der Waals surface area contributed by atoms with Gasteiger partial charge in [-0.25, -0.2) is 4.98 Å². The van der Waals surface area contributed by atoms with Crippen LogP contribution in [0.4, 0.5) is 13.2 Å². The van der Waals surface area contributed by atoms with Crippen molar-refractivity contribution in [2.45, 2.75) is 26.1 Å². The van der Waals surface area contributed by atoms with Crippen molar-refractivity contribution in [3.8, 4) is 0 Å². The van der Waals surface area contributed by atoms with Gasteiger partial charge in [0.05, 0.1) is 12.0 Å². The molecule has 0 saturated carbocycles. The second kappa shape index (κ2) is 6.01. The number of hydrogen-bond acceptors (Lipinski definition) is 2. The van der Waals surface area contributed by atoms with Crippen LogP contribution in [0.2, 0.25) is 0 Å². The minimum absolute atomic E-state index is 0.161. The zero-order valence-electron chi connectivity index (χ0n) is 11.1. The first-order chi connectivity index (χ1) is 9.82. The van der Waals surface area contributed by atoms with Crippen LogP contribution in [0.25, 0.3) is 0 Å². The van der Waals surface area contributed by atoms with Crippen LogP contribution in [-0.2, 0) is 19.1 Å². The van der Waals surface area contributed by atoms with Crippen LogP contribution >= 0.6 is 15.9 Å². The quantitative estimate of drug-likeness (QED) is 0.769. The Morgan fingerprint density at radius 3 is 2.71 bits per heavy atom. The van der Waals surface area contributed by atoms with Gasteiger partial charge in [-0.15, -0.1) is 0 Å². The van der Waals surface area contributed by atoms with E-state index in [0.717, 1.165) is 6.07 Å². The largest absolute Gasteiger partial charge is 0.417 e. The summed E-state index contributed by atoms with van der Waals surface area (Å²) in [5, 5.41) is 0. The molecule has 1 heterocycles. The number of aromatic nitrogens is 2. The summed E-state index contributed by atoms with van der Waals surface area (Å²) in [7, 11) is 0. The number of aryl methyl sites for hydroxylation is 1. The van der Waals surface area contributed by atoms with Gasteiger partial charge in [0.1, 0.15) is 5.82 Å². The van der Waals surface area contributed by atoms with E-state index >= 15 is 0 Å². The first-order valence-corrected chi connectivity index (χ1v) is 7.02. The summed E-state index contributed by atoms with van der Waals surface area (Å²) in [6.07, 6.45) is -1.52. The van der Waals surface area contributed by atoms with Crippen molar-refractivity contribution in [3.63, 3.8) is 0 Å². The molecular weight excluding hydrogens is 349 g/mol. The number of rotatable bonds is 4.